The molecular formula is C22H26FN3O2. The van der Waals surface area contributed by atoms with Crippen molar-refractivity contribution in [1.82, 2.24) is 15.6 Å². The molecule has 6 heteroatoms. The lowest BCUT2D eigenvalue weighted by Gasteiger charge is -2.32. The molecule has 148 valence electrons. The molecule has 0 unspecified atom stereocenters. The Labute approximate surface area is 164 Å². The summed E-state index contributed by atoms with van der Waals surface area (Å²) in [6.45, 7) is 3.58. The molecule has 1 aromatic heterocycles. The highest BCUT2D eigenvalue weighted by molar-refractivity contribution is 5.94. The average molecular weight is 383 g/mol. The topological polar surface area (TPSA) is 71.1 Å². The van der Waals surface area contributed by atoms with Gasteiger partial charge in [-0.25, -0.2) is 4.39 Å². The second-order valence-corrected chi connectivity index (χ2v) is 7.52. The molecule has 2 amide bonds. The van der Waals surface area contributed by atoms with Crippen molar-refractivity contribution in [2.45, 2.75) is 51.6 Å². The summed E-state index contributed by atoms with van der Waals surface area (Å²) in [6.07, 6.45) is 5.27. The van der Waals surface area contributed by atoms with Gasteiger partial charge in [0, 0.05) is 30.8 Å². The maximum atomic E-state index is 13.3. The molecule has 0 radical (unpaired) electrons. The molecule has 2 N–H and O–H groups in total. The molecule has 2 aromatic rings. The molecule has 0 bridgehead atoms. The molecule has 1 aliphatic rings. The van der Waals surface area contributed by atoms with Gasteiger partial charge in [0.25, 0.3) is 5.91 Å². The average Bonchev–Trinajstić information content (AvgIpc) is 2.68. The largest absolute Gasteiger partial charge is 0.354 e. The first kappa shape index (κ1) is 20.0. The number of nitrogens with one attached hydrogen (secondary N) is 2. The number of halogens is 1. The number of hydrogen-bond acceptors (Lipinski definition) is 3. The summed E-state index contributed by atoms with van der Waals surface area (Å²) in [5, 5.41) is 6.04. The van der Waals surface area contributed by atoms with Gasteiger partial charge >= 0.3 is 0 Å². The molecule has 1 atom stereocenters. The van der Waals surface area contributed by atoms with Gasteiger partial charge in [0.05, 0.1) is 11.3 Å². The van der Waals surface area contributed by atoms with E-state index >= 15 is 0 Å². The summed E-state index contributed by atoms with van der Waals surface area (Å²) in [6, 6.07) is 9.97. The number of pyridine rings is 1. The van der Waals surface area contributed by atoms with E-state index in [-0.39, 0.29) is 29.7 Å². The van der Waals surface area contributed by atoms with Crippen molar-refractivity contribution in [3.8, 4) is 11.3 Å². The Balaban J connectivity index is 1.53. The zero-order valence-electron chi connectivity index (χ0n) is 16.2. The summed E-state index contributed by atoms with van der Waals surface area (Å²) in [5.74, 6) is -0.0115. The number of rotatable bonds is 5. The molecule has 5 nitrogen and oxygen atoms in total. The maximum absolute atomic E-state index is 13.3. The zero-order chi connectivity index (χ0) is 20.1. The van der Waals surface area contributed by atoms with Crippen LogP contribution in [-0.2, 0) is 4.79 Å². The monoisotopic (exact) mass is 383 g/mol. The van der Waals surface area contributed by atoms with Gasteiger partial charge in [-0.2, -0.15) is 0 Å². The van der Waals surface area contributed by atoms with Crippen LogP contribution in [0.5, 0.6) is 0 Å². The van der Waals surface area contributed by atoms with Crippen molar-refractivity contribution in [1.29, 1.82) is 0 Å². The Kier molecular flexibility index (Phi) is 6.39. The summed E-state index contributed by atoms with van der Waals surface area (Å²) >= 11 is 0. The third-order valence-electron chi connectivity index (χ3n) is 5.39. The van der Waals surface area contributed by atoms with Crippen LogP contribution < -0.4 is 10.6 Å². The molecule has 0 aliphatic heterocycles. The van der Waals surface area contributed by atoms with Gasteiger partial charge in [0.1, 0.15) is 5.82 Å². The first-order valence-corrected chi connectivity index (χ1v) is 9.72. The van der Waals surface area contributed by atoms with Gasteiger partial charge in [-0.1, -0.05) is 12.1 Å². The van der Waals surface area contributed by atoms with Crippen molar-refractivity contribution in [3.63, 3.8) is 0 Å². The van der Waals surface area contributed by atoms with E-state index in [0.717, 1.165) is 25.7 Å². The number of amides is 2. The lowest BCUT2D eigenvalue weighted by atomic mass is 9.82. The maximum Gasteiger partial charge on any atom is 0.253 e. The molecule has 1 aromatic carbocycles. The summed E-state index contributed by atoms with van der Waals surface area (Å²) in [5.41, 5.74) is 1.80. The lowest BCUT2D eigenvalue weighted by molar-refractivity contribution is -0.120. The number of carbonyl (C=O) groups is 2. The molecule has 0 saturated heterocycles. The number of nitrogens with zero attached hydrogens (tertiary/aromatic N) is 1. The quantitative estimate of drug-likeness (QED) is 0.827. The highest BCUT2D eigenvalue weighted by Gasteiger charge is 2.26. The smallest absolute Gasteiger partial charge is 0.253 e. The minimum Gasteiger partial charge on any atom is -0.354 e. The molecular weight excluding hydrogens is 357 g/mol. The fourth-order valence-electron chi connectivity index (χ4n) is 3.82. The predicted octanol–water partition coefficient (Wildman–Crippen LogP) is 3.70. The van der Waals surface area contributed by atoms with Crippen LogP contribution in [0.25, 0.3) is 11.3 Å². The molecule has 1 saturated carbocycles. The van der Waals surface area contributed by atoms with Crippen LogP contribution in [0.3, 0.4) is 0 Å². The number of aromatic nitrogens is 1. The van der Waals surface area contributed by atoms with Gasteiger partial charge in [0.15, 0.2) is 0 Å². The van der Waals surface area contributed by atoms with E-state index < -0.39 is 0 Å². The van der Waals surface area contributed by atoms with Crippen LogP contribution in [0.4, 0.5) is 4.39 Å². The van der Waals surface area contributed by atoms with Gasteiger partial charge in [-0.15, -0.1) is 0 Å². The van der Waals surface area contributed by atoms with E-state index in [4.69, 9.17) is 0 Å². The van der Waals surface area contributed by atoms with Crippen LogP contribution >= 0.6 is 0 Å². The van der Waals surface area contributed by atoms with Crippen LogP contribution in [0.1, 0.15) is 49.9 Å². The minimum atomic E-state index is -0.315. The summed E-state index contributed by atoms with van der Waals surface area (Å²) < 4.78 is 13.3. The van der Waals surface area contributed by atoms with Crippen molar-refractivity contribution in [2.24, 2.45) is 5.92 Å². The van der Waals surface area contributed by atoms with E-state index in [9.17, 15) is 14.0 Å². The van der Waals surface area contributed by atoms with Gasteiger partial charge in [0.2, 0.25) is 5.91 Å². The Morgan fingerprint density at radius 1 is 1.14 bits per heavy atom. The third kappa shape index (κ3) is 5.15. The SMILES string of the molecule is CC(=O)N[C@@H](C)[C@H]1CC[C@H](NC(=O)c2ccc(-c3cccc(F)c3)nc2)CC1. The van der Waals surface area contributed by atoms with Crippen LogP contribution in [0.2, 0.25) is 0 Å². The molecule has 1 aliphatic carbocycles. The number of benzene rings is 1. The highest BCUT2D eigenvalue weighted by Crippen LogP contribution is 2.27. The van der Waals surface area contributed by atoms with Gasteiger partial charge in [-0.3, -0.25) is 14.6 Å². The second kappa shape index (κ2) is 8.95. The van der Waals surface area contributed by atoms with Crippen LogP contribution in [-0.4, -0.2) is 28.9 Å². The second-order valence-electron chi connectivity index (χ2n) is 7.52. The predicted molar refractivity (Wildman–Crippen MR) is 106 cm³/mol. The fraction of sp³-hybridized carbons (Fsp3) is 0.409. The van der Waals surface area contributed by atoms with Crippen molar-refractivity contribution in [3.05, 3.63) is 54.0 Å². The lowest BCUT2D eigenvalue weighted by Crippen LogP contribution is -2.42. The molecule has 3 rings (SSSR count). The van der Waals surface area contributed by atoms with Crippen molar-refractivity contribution >= 4 is 11.8 Å². The van der Waals surface area contributed by atoms with E-state index in [2.05, 4.69) is 15.6 Å². The van der Waals surface area contributed by atoms with E-state index in [1.54, 1.807) is 24.3 Å². The van der Waals surface area contributed by atoms with Crippen molar-refractivity contribution < 1.29 is 14.0 Å². The first-order chi connectivity index (χ1) is 13.4. The molecule has 1 heterocycles. The van der Waals surface area contributed by atoms with Gasteiger partial charge < -0.3 is 10.6 Å². The number of carbonyl (C=O) groups excluding carboxylic acids is 2. The van der Waals surface area contributed by atoms with Crippen molar-refractivity contribution in [2.75, 3.05) is 0 Å². The highest BCUT2D eigenvalue weighted by atomic mass is 19.1. The van der Waals surface area contributed by atoms with E-state index in [1.807, 2.05) is 6.92 Å². The summed E-state index contributed by atoms with van der Waals surface area (Å²) in [7, 11) is 0. The minimum absolute atomic E-state index is 0.00267. The van der Waals surface area contributed by atoms with Crippen LogP contribution in [0.15, 0.2) is 42.6 Å². The Morgan fingerprint density at radius 2 is 1.89 bits per heavy atom. The molecule has 0 spiro atoms. The zero-order valence-corrected chi connectivity index (χ0v) is 16.2. The molecule has 28 heavy (non-hydrogen) atoms. The Morgan fingerprint density at radius 3 is 2.50 bits per heavy atom. The standard InChI is InChI=1S/C22H26FN3O2/c1-14(25-15(2)27)16-6-9-20(10-7-16)26-22(28)18-8-11-21(24-13-18)17-4-3-5-19(23)12-17/h3-5,8,11-14,16,20H,6-7,9-10H2,1-2H3,(H,25,27)(H,26,28)/t14-,16-,20-/m0/s1. The van der Waals surface area contributed by atoms with Crippen LogP contribution in [0, 0.1) is 11.7 Å². The van der Waals surface area contributed by atoms with E-state index in [1.165, 1.54) is 25.3 Å². The van der Waals surface area contributed by atoms with Gasteiger partial charge in [-0.05, 0) is 62.8 Å². The van der Waals surface area contributed by atoms with E-state index in [0.29, 0.717) is 22.7 Å². The first-order valence-electron chi connectivity index (χ1n) is 9.72. The molecule has 1 fully saturated rings. The number of hydrogen-bond donors (Lipinski definition) is 2. The fourth-order valence-corrected chi connectivity index (χ4v) is 3.82. The Bertz CT molecular complexity index is 830. The third-order valence-corrected chi connectivity index (χ3v) is 5.39. The summed E-state index contributed by atoms with van der Waals surface area (Å²) in [4.78, 5) is 28.0. The normalized spacial score (nSPS) is 20.2. The Hall–Kier alpha value is -2.76.